The van der Waals surface area contributed by atoms with Crippen LogP contribution in [0.5, 0.6) is 5.75 Å². The molecule has 1 aliphatic rings. The maximum Gasteiger partial charge on any atom is 0.307 e. The lowest BCUT2D eigenvalue weighted by molar-refractivity contribution is -0.146. The summed E-state index contributed by atoms with van der Waals surface area (Å²) in [6.07, 6.45) is 4.35. The van der Waals surface area contributed by atoms with Crippen molar-refractivity contribution < 1.29 is 24.2 Å². The maximum absolute atomic E-state index is 13.4. The molecular formula is C29H27ClN2O5S. The van der Waals surface area contributed by atoms with E-state index in [0.717, 1.165) is 10.5 Å². The van der Waals surface area contributed by atoms with Gasteiger partial charge >= 0.3 is 5.97 Å². The summed E-state index contributed by atoms with van der Waals surface area (Å²) in [5, 5.41) is 15.1. The van der Waals surface area contributed by atoms with Gasteiger partial charge in [-0.25, -0.2) is 0 Å². The number of carbonyl (C=O) groups is 3. The summed E-state index contributed by atoms with van der Waals surface area (Å²) in [6.45, 7) is 0. The fraction of sp³-hybridized carbons (Fsp3) is 0.207. The number of anilines is 2. The normalized spacial score (nSPS) is 17.3. The number of benzene rings is 3. The van der Waals surface area contributed by atoms with Crippen LogP contribution in [0.4, 0.5) is 11.4 Å². The van der Waals surface area contributed by atoms with E-state index in [4.69, 9.17) is 16.3 Å². The van der Waals surface area contributed by atoms with E-state index in [-0.39, 0.29) is 11.8 Å². The number of carboxylic acid groups (broad SMARTS) is 1. The van der Waals surface area contributed by atoms with Crippen molar-refractivity contribution in [3.05, 3.63) is 95.5 Å². The van der Waals surface area contributed by atoms with E-state index < -0.39 is 23.1 Å². The minimum atomic E-state index is -0.978. The molecule has 0 fully saturated rings. The lowest BCUT2D eigenvalue weighted by Crippen LogP contribution is -2.34. The lowest BCUT2D eigenvalue weighted by Gasteiger charge is -2.24. The Balaban J connectivity index is 1.52. The molecule has 9 heteroatoms. The summed E-state index contributed by atoms with van der Waals surface area (Å²) in [4.78, 5) is 38.7. The van der Waals surface area contributed by atoms with E-state index in [1.165, 1.54) is 18.9 Å². The molecule has 38 heavy (non-hydrogen) atoms. The van der Waals surface area contributed by atoms with Gasteiger partial charge in [0.1, 0.15) is 11.0 Å². The molecular weight excluding hydrogens is 524 g/mol. The second-order valence-electron chi connectivity index (χ2n) is 8.76. The van der Waals surface area contributed by atoms with Gasteiger partial charge in [-0.3, -0.25) is 14.4 Å². The van der Waals surface area contributed by atoms with Crippen molar-refractivity contribution in [2.75, 3.05) is 17.7 Å². The second-order valence-corrected chi connectivity index (χ2v) is 10.3. The number of allylic oxidation sites excluding steroid dienone is 2. The third kappa shape index (κ3) is 6.76. The zero-order valence-corrected chi connectivity index (χ0v) is 22.2. The molecule has 3 N–H and O–H groups in total. The monoisotopic (exact) mass is 550 g/mol. The number of carboxylic acids is 1. The largest absolute Gasteiger partial charge is 0.495 e. The quantitative estimate of drug-likeness (QED) is 0.209. The molecule has 0 bridgehead atoms. The summed E-state index contributed by atoms with van der Waals surface area (Å²) in [7, 11) is 1.52. The average molecular weight is 551 g/mol. The first-order valence-electron chi connectivity index (χ1n) is 12.0. The highest BCUT2D eigenvalue weighted by Crippen LogP contribution is 2.38. The van der Waals surface area contributed by atoms with Crippen molar-refractivity contribution in [1.82, 2.24) is 0 Å². The Morgan fingerprint density at radius 3 is 2.32 bits per heavy atom. The molecule has 0 spiro atoms. The zero-order chi connectivity index (χ0) is 27.1. The Labute approximate surface area is 230 Å². The summed E-state index contributed by atoms with van der Waals surface area (Å²) in [5.74, 6) is -2.44. The van der Waals surface area contributed by atoms with Crippen molar-refractivity contribution in [2.45, 2.75) is 23.0 Å². The zero-order valence-electron chi connectivity index (χ0n) is 20.6. The molecule has 3 aromatic carbocycles. The predicted octanol–water partition coefficient (Wildman–Crippen LogP) is 6.43. The first kappa shape index (κ1) is 27.3. The van der Waals surface area contributed by atoms with Crippen molar-refractivity contribution in [2.24, 2.45) is 11.8 Å². The van der Waals surface area contributed by atoms with Crippen molar-refractivity contribution in [1.29, 1.82) is 0 Å². The van der Waals surface area contributed by atoms with Gasteiger partial charge < -0.3 is 20.5 Å². The Morgan fingerprint density at radius 1 is 0.921 bits per heavy atom. The van der Waals surface area contributed by atoms with E-state index in [1.54, 1.807) is 42.5 Å². The van der Waals surface area contributed by atoms with Crippen LogP contribution >= 0.6 is 23.4 Å². The number of halogens is 1. The molecule has 4 rings (SSSR count). The SMILES string of the molecule is COc1ccc(NC(=O)C(Sc2cccc(NC(=O)C3CC=CCC3C(=O)O)c2)c2ccccc2)cc1Cl. The molecule has 196 valence electrons. The topological polar surface area (TPSA) is 105 Å². The number of hydrogen-bond acceptors (Lipinski definition) is 5. The molecule has 0 saturated carbocycles. The van der Waals surface area contributed by atoms with Gasteiger partial charge in [-0.05, 0) is 54.8 Å². The van der Waals surface area contributed by atoms with Gasteiger partial charge in [0, 0.05) is 16.3 Å². The summed E-state index contributed by atoms with van der Waals surface area (Å²) in [6, 6.07) is 21.6. The number of hydrogen-bond donors (Lipinski definition) is 3. The third-order valence-electron chi connectivity index (χ3n) is 6.20. The third-order valence-corrected chi connectivity index (χ3v) is 7.75. The van der Waals surface area contributed by atoms with Gasteiger partial charge in [0.05, 0.1) is 24.0 Å². The molecule has 7 nitrogen and oxygen atoms in total. The standard InChI is InChI=1S/C29H27ClN2O5S/c1-37-25-15-14-20(17-24(25)30)32-28(34)26(18-8-3-2-4-9-18)38-21-11-7-10-19(16-21)31-27(33)22-12-5-6-13-23(22)29(35)36/h2-11,14-17,22-23,26H,12-13H2,1H3,(H,31,33)(H,32,34)(H,35,36). The predicted molar refractivity (Wildman–Crippen MR) is 150 cm³/mol. The van der Waals surface area contributed by atoms with Gasteiger partial charge in [0.15, 0.2) is 0 Å². The lowest BCUT2D eigenvalue weighted by atomic mass is 9.82. The minimum absolute atomic E-state index is 0.241. The maximum atomic E-state index is 13.4. The van der Waals surface area contributed by atoms with Crippen LogP contribution in [0.15, 0.2) is 89.8 Å². The summed E-state index contributed by atoms with van der Waals surface area (Å²) in [5.41, 5.74) is 1.88. The van der Waals surface area contributed by atoms with E-state index in [9.17, 15) is 19.5 Å². The van der Waals surface area contributed by atoms with Crippen molar-refractivity contribution in [3.8, 4) is 5.75 Å². The van der Waals surface area contributed by atoms with Crippen LogP contribution in [0.3, 0.4) is 0 Å². The Kier molecular flexibility index (Phi) is 9.10. The number of aliphatic carboxylic acids is 1. The molecule has 0 aromatic heterocycles. The molecule has 0 saturated heterocycles. The van der Waals surface area contributed by atoms with Gasteiger partial charge in [-0.1, -0.05) is 60.2 Å². The molecule has 1 aliphatic carbocycles. The first-order valence-corrected chi connectivity index (χ1v) is 13.3. The van der Waals surface area contributed by atoms with Crippen LogP contribution in [-0.4, -0.2) is 30.0 Å². The van der Waals surface area contributed by atoms with Crippen LogP contribution in [0.25, 0.3) is 0 Å². The first-order chi connectivity index (χ1) is 18.4. The fourth-order valence-corrected chi connectivity index (χ4v) is 5.59. The Hall–Kier alpha value is -3.75. The van der Waals surface area contributed by atoms with Gasteiger partial charge in [0.2, 0.25) is 11.8 Å². The van der Waals surface area contributed by atoms with Gasteiger partial charge in [-0.2, -0.15) is 0 Å². The number of amides is 2. The highest BCUT2D eigenvalue weighted by atomic mass is 35.5. The molecule has 3 unspecified atom stereocenters. The van der Waals surface area contributed by atoms with Crippen molar-refractivity contribution >= 4 is 52.5 Å². The average Bonchev–Trinajstić information content (AvgIpc) is 2.92. The van der Waals surface area contributed by atoms with Gasteiger partial charge in [0.25, 0.3) is 0 Å². The van der Waals surface area contributed by atoms with Crippen LogP contribution < -0.4 is 15.4 Å². The van der Waals surface area contributed by atoms with Gasteiger partial charge in [-0.15, -0.1) is 11.8 Å². The summed E-state index contributed by atoms with van der Waals surface area (Å²) < 4.78 is 5.18. The number of ether oxygens (including phenoxy) is 1. The fourth-order valence-electron chi connectivity index (χ4n) is 4.25. The van der Waals surface area contributed by atoms with Crippen molar-refractivity contribution in [3.63, 3.8) is 0 Å². The van der Waals surface area contributed by atoms with E-state index >= 15 is 0 Å². The molecule has 3 atom stereocenters. The highest BCUT2D eigenvalue weighted by molar-refractivity contribution is 8.00. The van der Waals surface area contributed by atoms with Crippen LogP contribution in [0.1, 0.15) is 23.7 Å². The Bertz CT molecular complexity index is 1350. The smallest absolute Gasteiger partial charge is 0.307 e. The summed E-state index contributed by atoms with van der Waals surface area (Å²) >= 11 is 7.57. The Morgan fingerprint density at radius 2 is 1.63 bits per heavy atom. The minimum Gasteiger partial charge on any atom is -0.495 e. The molecule has 2 amide bonds. The number of rotatable bonds is 9. The van der Waals surface area contributed by atoms with E-state index in [2.05, 4.69) is 10.6 Å². The molecule has 3 aromatic rings. The number of methoxy groups -OCH3 is 1. The van der Waals surface area contributed by atoms with E-state index in [0.29, 0.717) is 35.0 Å². The van der Waals surface area contributed by atoms with E-state index in [1.807, 2.05) is 42.5 Å². The molecule has 0 heterocycles. The number of carbonyl (C=O) groups excluding carboxylic acids is 2. The van der Waals surface area contributed by atoms with Crippen LogP contribution in [-0.2, 0) is 14.4 Å². The molecule has 0 radical (unpaired) electrons. The second kappa shape index (κ2) is 12.7. The molecule has 0 aliphatic heterocycles. The number of thioether (sulfide) groups is 1. The highest BCUT2D eigenvalue weighted by Gasteiger charge is 2.34. The van der Waals surface area contributed by atoms with Crippen LogP contribution in [0, 0.1) is 11.8 Å². The number of nitrogens with one attached hydrogen (secondary N) is 2. The van der Waals surface area contributed by atoms with Crippen LogP contribution in [0.2, 0.25) is 5.02 Å².